The second kappa shape index (κ2) is 8.92. The average molecular weight is 477 g/mol. The summed E-state index contributed by atoms with van der Waals surface area (Å²) in [5, 5.41) is 16.6. The van der Waals surface area contributed by atoms with E-state index >= 15 is 0 Å². The van der Waals surface area contributed by atoms with E-state index in [1.807, 2.05) is 31.2 Å². The van der Waals surface area contributed by atoms with E-state index in [2.05, 4.69) is 10.1 Å². The molecule has 0 spiro atoms. The van der Waals surface area contributed by atoms with Gasteiger partial charge in [0.2, 0.25) is 0 Å². The molecule has 33 heavy (non-hydrogen) atoms. The number of nitrogens with zero attached hydrogens (tertiary/aromatic N) is 4. The maximum absolute atomic E-state index is 13.0. The van der Waals surface area contributed by atoms with Crippen LogP contribution in [0.3, 0.4) is 0 Å². The molecule has 7 nitrogen and oxygen atoms in total. The van der Waals surface area contributed by atoms with Gasteiger partial charge in [-0.3, -0.25) is 14.9 Å². The van der Waals surface area contributed by atoms with E-state index < -0.39 is 4.92 Å². The highest BCUT2D eigenvalue weighted by atomic mass is 32.2. The minimum atomic E-state index is -0.398. The third kappa shape index (κ3) is 4.34. The summed E-state index contributed by atoms with van der Waals surface area (Å²) >= 11 is 2.93. The molecule has 2 aromatic carbocycles. The van der Waals surface area contributed by atoms with Gasteiger partial charge >= 0.3 is 0 Å². The Hall–Kier alpha value is -3.30. The Morgan fingerprint density at radius 3 is 2.76 bits per heavy atom. The number of benzene rings is 2. The predicted octanol–water partition coefficient (Wildman–Crippen LogP) is 5.59. The molecule has 0 radical (unpaired) electrons. The van der Waals surface area contributed by atoms with Gasteiger partial charge in [0.25, 0.3) is 11.2 Å². The fourth-order valence-electron chi connectivity index (χ4n) is 3.93. The van der Waals surface area contributed by atoms with Crippen molar-refractivity contribution < 1.29 is 4.92 Å². The third-order valence-electron chi connectivity index (χ3n) is 5.62. The molecule has 2 aromatic heterocycles. The van der Waals surface area contributed by atoms with Crippen molar-refractivity contribution in [3.05, 3.63) is 90.8 Å². The number of aryl methyl sites for hydroxylation is 3. The first-order valence-corrected chi connectivity index (χ1v) is 12.2. The van der Waals surface area contributed by atoms with Crippen LogP contribution >= 0.6 is 23.1 Å². The number of nitro benzene ring substituents is 1. The number of fused-ring (bicyclic) bond motifs is 3. The number of hydrogen-bond acceptors (Lipinski definition) is 7. The molecule has 0 N–H and O–H groups in total. The Morgan fingerprint density at radius 2 is 1.97 bits per heavy atom. The van der Waals surface area contributed by atoms with Crippen LogP contribution in [0.5, 0.6) is 0 Å². The molecule has 0 saturated carbocycles. The fraction of sp³-hybridized carbons (Fsp3) is 0.208. The molecular weight excluding hydrogens is 456 g/mol. The molecule has 1 aliphatic rings. The zero-order valence-electron chi connectivity index (χ0n) is 17.9. The molecule has 2 heterocycles. The first-order chi connectivity index (χ1) is 16.0. The molecule has 9 heteroatoms. The van der Waals surface area contributed by atoms with Crippen LogP contribution in [0.25, 0.3) is 10.2 Å². The first kappa shape index (κ1) is 21.5. The Balaban J connectivity index is 1.46. The summed E-state index contributed by atoms with van der Waals surface area (Å²) in [4.78, 5) is 32.2. The van der Waals surface area contributed by atoms with E-state index in [0.29, 0.717) is 15.8 Å². The summed E-state index contributed by atoms with van der Waals surface area (Å²) in [7, 11) is 0. The van der Waals surface area contributed by atoms with Gasteiger partial charge in [-0.1, -0.05) is 35.5 Å². The molecule has 0 amide bonds. The number of nitro groups is 1. The minimum Gasteiger partial charge on any atom is -0.267 e. The molecule has 0 atom stereocenters. The first-order valence-electron chi connectivity index (χ1n) is 10.6. The lowest BCUT2D eigenvalue weighted by Gasteiger charge is -2.09. The van der Waals surface area contributed by atoms with Gasteiger partial charge in [0, 0.05) is 21.4 Å². The van der Waals surface area contributed by atoms with Gasteiger partial charge in [0.05, 0.1) is 21.4 Å². The zero-order valence-corrected chi connectivity index (χ0v) is 19.5. The molecule has 1 aliphatic carbocycles. The van der Waals surface area contributed by atoms with E-state index in [-0.39, 0.29) is 11.2 Å². The van der Waals surface area contributed by atoms with Crippen LogP contribution in [0, 0.1) is 17.0 Å². The SMILES string of the molecule is Cc1ccc(Sc2ccc(/C=N/n3cnc4sc5c(c4c3=O)CCCC5)cc2[N+](=O)[O-])cc1. The molecule has 0 fully saturated rings. The van der Waals surface area contributed by atoms with Crippen molar-refractivity contribution in [1.82, 2.24) is 9.66 Å². The summed E-state index contributed by atoms with van der Waals surface area (Å²) in [6.45, 7) is 2.00. The second-order valence-electron chi connectivity index (χ2n) is 7.93. The topological polar surface area (TPSA) is 90.4 Å². The van der Waals surface area contributed by atoms with Gasteiger partial charge in [-0.05, 0) is 56.4 Å². The monoisotopic (exact) mass is 476 g/mol. The van der Waals surface area contributed by atoms with Crippen molar-refractivity contribution in [2.24, 2.45) is 5.10 Å². The Kier molecular flexibility index (Phi) is 5.82. The average Bonchev–Trinajstić information content (AvgIpc) is 3.20. The summed E-state index contributed by atoms with van der Waals surface area (Å²) in [6.07, 6.45) is 6.98. The molecule has 0 aliphatic heterocycles. The maximum Gasteiger partial charge on any atom is 0.283 e. The second-order valence-corrected chi connectivity index (χ2v) is 10.1. The standard InChI is InChI=1S/C24H20N4O3S2/c1-15-6-9-17(10-7-15)32-21-11-8-16(12-19(21)28(30)31)13-26-27-14-25-23-22(24(27)29)18-4-2-3-5-20(18)33-23/h6-14H,2-5H2,1H3/b26-13+. The summed E-state index contributed by atoms with van der Waals surface area (Å²) in [6, 6.07) is 12.8. The maximum atomic E-state index is 13.0. The van der Waals surface area contributed by atoms with Crippen LogP contribution in [0.2, 0.25) is 0 Å². The number of thiophene rings is 1. The lowest BCUT2D eigenvalue weighted by atomic mass is 9.97. The van der Waals surface area contributed by atoms with Crippen molar-refractivity contribution in [2.45, 2.75) is 42.4 Å². The van der Waals surface area contributed by atoms with Crippen LogP contribution in [0.15, 0.2) is 68.5 Å². The Morgan fingerprint density at radius 1 is 1.18 bits per heavy atom. The van der Waals surface area contributed by atoms with Gasteiger partial charge < -0.3 is 0 Å². The van der Waals surface area contributed by atoms with Crippen molar-refractivity contribution in [3.8, 4) is 0 Å². The van der Waals surface area contributed by atoms with Crippen LogP contribution in [-0.2, 0) is 12.8 Å². The quantitative estimate of drug-likeness (QED) is 0.213. The smallest absolute Gasteiger partial charge is 0.267 e. The summed E-state index contributed by atoms with van der Waals surface area (Å²) in [5.74, 6) is 0. The molecule has 166 valence electrons. The number of rotatable bonds is 5. The molecule has 4 aromatic rings. The number of aromatic nitrogens is 2. The van der Waals surface area contributed by atoms with Gasteiger partial charge in [-0.15, -0.1) is 11.3 Å². The molecule has 0 saturated heterocycles. The van der Waals surface area contributed by atoms with Crippen molar-refractivity contribution in [1.29, 1.82) is 0 Å². The largest absolute Gasteiger partial charge is 0.283 e. The molecule has 0 unspecified atom stereocenters. The summed E-state index contributed by atoms with van der Waals surface area (Å²) < 4.78 is 1.21. The highest BCUT2D eigenvalue weighted by Crippen LogP contribution is 2.35. The van der Waals surface area contributed by atoms with Gasteiger partial charge in [-0.25, -0.2) is 4.98 Å². The van der Waals surface area contributed by atoms with E-state index in [0.717, 1.165) is 46.5 Å². The normalized spacial score (nSPS) is 13.5. The third-order valence-corrected chi connectivity index (χ3v) is 7.89. The van der Waals surface area contributed by atoms with E-state index in [4.69, 9.17) is 0 Å². The Labute approximate surface area is 198 Å². The number of hydrogen-bond donors (Lipinski definition) is 0. The molecule has 5 rings (SSSR count). The lowest BCUT2D eigenvalue weighted by Crippen LogP contribution is -2.18. The lowest BCUT2D eigenvalue weighted by molar-refractivity contribution is -0.387. The highest BCUT2D eigenvalue weighted by molar-refractivity contribution is 7.99. The zero-order chi connectivity index (χ0) is 22.9. The molecular formula is C24H20N4O3S2. The van der Waals surface area contributed by atoms with Gasteiger partial charge in [0.15, 0.2) is 0 Å². The van der Waals surface area contributed by atoms with Crippen LogP contribution in [-0.4, -0.2) is 20.8 Å². The van der Waals surface area contributed by atoms with Gasteiger partial charge in [-0.2, -0.15) is 9.78 Å². The van der Waals surface area contributed by atoms with Crippen LogP contribution in [0.4, 0.5) is 5.69 Å². The highest BCUT2D eigenvalue weighted by Gasteiger charge is 2.20. The van der Waals surface area contributed by atoms with Crippen molar-refractivity contribution >= 4 is 45.2 Å². The van der Waals surface area contributed by atoms with Crippen LogP contribution < -0.4 is 5.56 Å². The fourth-order valence-corrected chi connectivity index (χ4v) is 6.04. The van der Waals surface area contributed by atoms with Crippen molar-refractivity contribution in [3.63, 3.8) is 0 Å². The van der Waals surface area contributed by atoms with Crippen molar-refractivity contribution in [2.75, 3.05) is 0 Å². The molecule has 0 bridgehead atoms. The van der Waals surface area contributed by atoms with Crippen LogP contribution in [0.1, 0.15) is 34.4 Å². The van der Waals surface area contributed by atoms with Gasteiger partial charge in [0.1, 0.15) is 11.2 Å². The van der Waals surface area contributed by atoms with E-state index in [9.17, 15) is 14.9 Å². The summed E-state index contributed by atoms with van der Waals surface area (Å²) in [5.41, 5.74) is 2.58. The van der Waals surface area contributed by atoms with E-state index in [1.54, 1.807) is 23.5 Å². The predicted molar refractivity (Wildman–Crippen MR) is 132 cm³/mol. The minimum absolute atomic E-state index is 0.00245. The Bertz CT molecular complexity index is 1460. The van der Waals surface area contributed by atoms with E-state index in [1.165, 1.54) is 39.9 Å².